The third-order valence-electron chi connectivity index (χ3n) is 23.9. The number of rotatable bonds is 79. The Morgan fingerprint density at radius 3 is 0.885 bits per heavy atom. The maximum atomic E-state index is 13.5. The third-order valence-corrected chi connectivity index (χ3v) is 23.9. The minimum absolute atomic E-state index is 0.240. The van der Waals surface area contributed by atoms with Crippen LogP contribution in [0.15, 0.2) is 36.5 Å². The summed E-state index contributed by atoms with van der Waals surface area (Å²) < 4.78 is 34.5. The standard InChI is InChI=1S/C94H177NO18/c1-3-5-7-9-11-13-15-17-19-21-23-25-27-29-31-33-35-37-38-40-42-44-46-48-50-52-54-56-58-60-62-64-66-68-70-72-82(100)95-77(78(99)71-69-67-65-63-61-59-57-55-53-51-49-47-45-43-41-39-36-34-32-30-28-26-24-22-20-18-16-14-12-10-8-6-4-2)76-108-92-88(106)85(103)90(80(74-97)110-92)113-94-89(107)86(104)91(81(75-98)111-94)112-93-87(105)84(102)83(101)79(73-96)109-93/h21,23,61,63,69,71,77-81,83-94,96-99,101-107H,3-20,22,24-60,62,64-68,70,72-76H2,1-2H3,(H,95,100)/b23-21-,63-61+,71-69+. The summed E-state index contributed by atoms with van der Waals surface area (Å²) in [5.74, 6) is -0.276. The molecule has 0 aromatic rings. The fraction of sp³-hybridized carbons (Fsp3) is 0.926. The van der Waals surface area contributed by atoms with Crippen molar-refractivity contribution in [1.82, 2.24) is 5.32 Å². The Labute approximate surface area is 689 Å². The molecule has 0 radical (unpaired) electrons. The van der Waals surface area contributed by atoms with Gasteiger partial charge in [-0.2, -0.15) is 0 Å². The van der Waals surface area contributed by atoms with Crippen LogP contribution in [0.1, 0.15) is 425 Å². The Morgan fingerprint density at radius 1 is 0.310 bits per heavy atom. The highest BCUT2D eigenvalue weighted by Crippen LogP contribution is 2.34. The summed E-state index contributed by atoms with van der Waals surface area (Å²) in [6, 6.07) is -0.991. The molecular weight excluding hydrogens is 1430 g/mol. The van der Waals surface area contributed by atoms with E-state index in [-0.39, 0.29) is 18.9 Å². The molecule has 113 heavy (non-hydrogen) atoms. The molecule has 3 rings (SSSR count). The van der Waals surface area contributed by atoms with Crippen molar-refractivity contribution in [2.75, 3.05) is 26.4 Å². The molecule has 0 aromatic carbocycles. The van der Waals surface area contributed by atoms with E-state index in [1.54, 1.807) is 6.08 Å². The first-order chi connectivity index (χ1) is 55.3. The summed E-state index contributed by atoms with van der Waals surface area (Å²) in [4.78, 5) is 13.5. The maximum Gasteiger partial charge on any atom is 0.220 e. The van der Waals surface area contributed by atoms with E-state index in [1.807, 2.05) is 6.08 Å². The molecule has 12 N–H and O–H groups in total. The Morgan fingerprint density at radius 2 is 0.566 bits per heavy atom. The predicted molar refractivity (Wildman–Crippen MR) is 457 cm³/mol. The third kappa shape index (κ3) is 52.1. The zero-order chi connectivity index (χ0) is 81.7. The van der Waals surface area contributed by atoms with Crippen LogP contribution in [0.5, 0.6) is 0 Å². The number of unbranched alkanes of at least 4 members (excludes halogenated alkanes) is 59. The Kier molecular flexibility index (Phi) is 68.8. The molecule has 3 saturated heterocycles. The second-order valence-electron chi connectivity index (χ2n) is 34.2. The molecular formula is C94H177NO18. The van der Waals surface area contributed by atoms with Gasteiger partial charge in [0.25, 0.3) is 0 Å². The van der Waals surface area contributed by atoms with E-state index in [0.29, 0.717) is 12.8 Å². The van der Waals surface area contributed by atoms with E-state index in [4.69, 9.17) is 28.4 Å². The molecule has 0 aliphatic carbocycles. The van der Waals surface area contributed by atoms with Gasteiger partial charge in [0.1, 0.15) is 73.2 Å². The number of carbonyl (C=O) groups is 1. The average Bonchev–Trinajstić information content (AvgIpc) is 0.780. The highest BCUT2D eigenvalue weighted by molar-refractivity contribution is 5.76. The van der Waals surface area contributed by atoms with Crippen molar-refractivity contribution < 1.29 is 89.4 Å². The van der Waals surface area contributed by atoms with Gasteiger partial charge in [0.15, 0.2) is 18.9 Å². The van der Waals surface area contributed by atoms with E-state index >= 15 is 0 Å². The fourth-order valence-corrected chi connectivity index (χ4v) is 16.3. The van der Waals surface area contributed by atoms with Crippen molar-refractivity contribution in [3.05, 3.63) is 36.5 Å². The van der Waals surface area contributed by atoms with Crippen LogP contribution in [0.3, 0.4) is 0 Å². The van der Waals surface area contributed by atoms with Crippen LogP contribution in [0.4, 0.5) is 0 Å². The van der Waals surface area contributed by atoms with Gasteiger partial charge in [-0.1, -0.05) is 397 Å². The minimum atomic E-state index is -1.98. The zero-order valence-electron chi connectivity index (χ0n) is 72.1. The fourth-order valence-electron chi connectivity index (χ4n) is 16.3. The molecule has 1 amide bonds. The van der Waals surface area contributed by atoms with E-state index in [1.165, 1.54) is 353 Å². The van der Waals surface area contributed by atoms with Gasteiger partial charge >= 0.3 is 0 Å². The highest BCUT2D eigenvalue weighted by atomic mass is 16.8. The summed E-state index contributed by atoms with van der Waals surface area (Å²) >= 11 is 0. The zero-order valence-corrected chi connectivity index (χ0v) is 72.1. The van der Waals surface area contributed by atoms with Gasteiger partial charge in [0, 0.05) is 6.42 Å². The molecule has 3 heterocycles. The van der Waals surface area contributed by atoms with Crippen molar-refractivity contribution in [2.45, 2.75) is 529 Å². The first kappa shape index (κ1) is 105. The lowest BCUT2D eigenvalue weighted by molar-refractivity contribution is -0.379. The van der Waals surface area contributed by atoms with Crippen molar-refractivity contribution in [3.8, 4) is 0 Å². The van der Waals surface area contributed by atoms with Crippen LogP contribution in [-0.2, 0) is 33.2 Å². The number of allylic oxidation sites excluding steroid dienone is 5. The number of hydrogen-bond donors (Lipinski definition) is 12. The minimum Gasteiger partial charge on any atom is -0.394 e. The largest absolute Gasteiger partial charge is 0.394 e. The van der Waals surface area contributed by atoms with Crippen LogP contribution in [0, 0.1) is 0 Å². The molecule has 17 atom stereocenters. The normalized spacial score (nSPS) is 24.9. The number of nitrogens with one attached hydrogen (secondary N) is 1. The number of aliphatic hydroxyl groups excluding tert-OH is 11. The maximum absolute atomic E-state index is 13.5. The summed E-state index contributed by atoms with van der Waals surface area (Å²) in [6.45, 7) is 1.79. The molecule has 3 aliphatic heterocycles. The predicted octanol–water partition coefficient (Wildman–Crippen LogP) is 19.0. The number of ether oxygens (including phenoxy) is 6. The number of carbonyl (C=O) groups excluding carboxylic acids is 1. The second-order valence-corrected chi connectivity index (χ2v) is 34.2. The number of hydrogen-bond acceptors (Lipinski definition) is 18. The van der Waals surface area contributed by atoms with E-state index < -0.39 is 124 Å². The molecule has 19 nitrogen and oxygen atoms in total. The summed E-state index contributed by atoms with van der Waals surface area (Å²) in [5.41, 5.74) is 0. The molecule has 17 unspecified atom stereocenters. The highest BCUT2D eigenvalue weighted by Gasteiger charge is 2.54. The van der Waals surface area contributed by atoms with Gasteiger partial charge < -0.3 is 89.9 Å². The van der Waals surface area contributed by atoms with Crippen molar-refractivity contribution >= 4 is 5.91 Å². The van der Waals surface area contributed by atoms with Crippen molar-refractivity contribution in [2.24, 2.45) is 0 Å². The van der Waals surface area contributed by atoms with Crippen LogP contribution in [0.25, 0.3) is 0 Å². The van der Waals surface area contributed by atoms with Crippen LogP contribution >= 0.6 is 0 Å². The van der Waals surface area contributed by atoms with Gasteiger partial charge in [-0.3, -0.25) is 4.79 Å². The van der Waals surface area contributed by atoms with Crippen LogP contribution in [-0.4, -0.2) is 193 Å². The number of amides is 1. The molecule has 0 saturated carbocycles. The summed E-state index contributed by atoms with van der Waals surface area (Å²) in [6.07, 6.45) is 69.0. The smallest absolute Gasteiger partial charge is 0.220 e. The lowest BCUT2D eigenvalue weighted by atomic mass is 9.96. The quantitative estimate of drug-likeness (QED) is 0.0199. The Balaban J connectivity index is 1.31. The van der Waals surface area contributed by atoms with Gasteiger partial charge in [-0.25, -0.2) is 0 Å². The first-order valence-electron chi connectivity index (χ1n) is 47.7. The molecule has 19 heteroatoms. The van der Waals surface area contributed by atoms with Gasteiger partial charge in [-0.05, 0) is 57.8 Å². The molecule has 3 fully saturated rings. The molecule has 0 aromatic heterocycles. The molecule has 666 valence electrons. The van der Waals surface area contributed by atoms with Gasteiger partial charge in [0.2, 0.25) is 5.91 Å². The van der Waals surface area contributed by atoms with E-state index in [0.717, 1.165) is 38.5 Å². The van der Waals surface area contributed by atoms with Gasteiger partial charge in [0.05, 0.1) is 38.6 Å². The van der Waals surface area contributed by atoms with Gasteiger partial charge in [-0.15, -0.1) is 0 Å². The number of aliphatic hydroxyl groups is 11. The Bertz CT molecular complexity index is 2170. The topological polar surface area (TPSA) is 307 Å². The van der Waals surface area contributed by atoms with Crippen LogP contribution < -0.4 is 5.32 Å². The monoisotopic (exact) mass is 1610 g/mol. The lowest BCUT2D eigenvalue weighted by Crippen LogP contribution is -2.66. The van der Waals surface area contributed by atoms with E-state index in [9.17, 15) is 61.0 Å². The molecule has 0 bridgehead atoms. The SMILES string of the molecule is CCCCCCCCCC/C=C\CCCCCCCCCCCCCCCCCCCCCCCCCC(=O)NC(COC1OC(CO)C(OC2OC(CO)C(OC3OC(CO)C(O)C(O)C3O)C(O)C2O)C(O)C1O)C(O)/C=C/CC/C=C/CCCCCCCCCCCCCCCCCCCCCCCCCCCCC. The summed E-state index contributed by atoms with van der Waals surface area (Å²) in [5, 5.41) is 121. The average molecular weight is 1610 g/mol. The van der Waals surface area contributed by atoms with Crippen molar-refractivity contribution in [1.29, 1.82) is 0 Å². The molecule has 0 spiro atoms. The van der Waals surface area contributed by atoms with Crippen LogP contribution in [0.2, 0.25) is 0 Å². The van der Waals surface area contributed by atoms with E-state index in [2.05, 4.69) is 43.5 Å². The first-order valence-corrected chi connectivity index (χ1v) is 47.7. The summed E-state index contributed by atoms with van der Waals surface area (Å²) in [7, 11) is 0. The molecule has 3 aliphatic rings. The second kappa shape index (κ2) is 73.9. The lowest BCUT2D eigenvalue weighted by Gasteiger charge is -2.48. The Hall–Kier alpha value is -1.99. The van der Waals surface area contributed by atoms with Crippen molar-refractivity contribution in [3.63, 3.8) is 0 Å².